The molecular formula is C13H23NO4. The van der Waals surface area contributed by atoms with Gasteiger partial charge >= 0.3 is 12.1 Å². The normalized spacial score (nSPS) is 23.2. The highest BCUT2D eigenvalue weighted by Crippen LogP contribution is 2.21. The number of amides is 1. The number of rotatable bonds is 5. The summed E-state index contributed by atoms with van der Waals surface area (Å²) in [5, 5.41) is 2.79. The minimum absolute atomic E-state index is 0.114. The summed E-state index contributed by atoms with van der Waals surface area (Å²) in [6.45, 7) is 3.87. The highest BCUT2D eigenvalue weighted by Gasteiger charge is 2.29. The fourth-order valence-electron chi connectivity index (χ4n) is 2.12. The van der Waals surface area contributed by atoms with E-state index in [0.717, 1.165) is 38.5 Å². The number of esters is 1. The molecule has 1 saturated carbocycles. The fourth-order valence-corrected chi connectivity index (χ4v) is 2.12. The van der Waals surface area contributed by atoms with Gasteiger partial charge in [-0.2, -0.15) is 0 Å². The number of unbranched alkanes of at least 4 members (excludes halogenated alkanes) is 1. The van der Waals surface area contributed by atoms with Crippen molar-refractivity contribution >= 4 is 12.1 Å². The van der Waals surface area contributed by atoms with E-state index in [9.17, 15) is 9.59 Å². The monoisotopic (exact) mass is 257 g/mol. The van der Waals surface area contributed by atoms with Crippen molar-refractivity contribution in [1.29, 1.82) is 0 Å². The Labute approximate surface area is 108 Å². The van der Waals surface area contributed by atoms with E-state index in [1.54, 1.807) is 0 Å². The van der Waals surface area contributed by atoms with Crippen molar-refractivity contribution in [2.75, 3.05) is 6.61 Å². The molecule has 0 heterocycles. The molecule has 1 amide bonds. The van der Waals surface area contributed by atoms with Crippen molar-refractivity contribution in [3.05, 3.63) is 0 Å². The van der Waals surface area contributed by atoms with Gasteiger partial charge in [-0.1, -0.05) is 19.8 Å². The molecular weight excluding hydrogens is 234 g/mol. The number of nitrogens with one attached hydrogen (secondary N) is 1. The highest BCUT2D eigenvalue weighted by molar-refractivity contribution is 5.68. The lowest BCUT2D eigenvalue weighted by Gasteiger charge is -2.31. The summed E-state index contributed by atoms with van der Waals surface area (Å²) >= 11 is 0. The zero-order valence-corrected chi connectivity index (χ0v) is 11.2. The summed E-state index contributed by atoms with van der Waals surface area (Å²) in [6, 6.07) is -0.114. The molecule has 0 aromatic rings. The van der Waals surface area contributed by atoms with Gasteiger partial charge in [0.25, 0.3) is 0 Å². The van der Waals surface area contributed by atoms with E-state index in [0.29, 0.717) is 6.61 Å². The van der Waals surface area contributed by atoms with Crippen LogP contribution in [0.15, 0.2) is 0 Å². The van der Waals surface area contributed by atoms with Gasteiger partial charge in [-0.05, 0) is 25.7 Å². The molecule has 18 heavy (non-hydrogen) atoms. The summed E-state index contributed by atoms with van der Waals surface area (Å²) in [6.07, 6.45) is 4.94. The van der Waals surface area contributed by atoms with Gasteiger partial charge in [0.05, 0.1) is 12.6 Å². The second-order valence-corrected chi connectivity index (χ2v) is 4.67. The van der Waals surface area contributed by atoms with Crippen molar-refractivity contribution in [2.45, 2.75) is 64.5 Å². The van der Waals surface area contributed by atoms with Crippen molar-refractivity contribution < 1.29 is 19.1 Å². The lowest BCUT2D eigenvalue weighted by Crippen LogP contribution is -2.47. The molecule has 0 radical (unpaired) electrons. The van der Waals surface area contributed by atoms with Gasteiger partial charge in [-0.15, -0.1) is 0 Å². The van der Waals surface area contributed by atoms with Crippen LogP contribution in [0.4, 0.5) is 4.79 Å². The number of carbonyl (C=O) groups is 2. The Morgan fingerprint density at radius 3 is 2.67 bits per heavy atom. The van der Waals surface area contributed by atoms with Gasteiger partial charge in [0.2, 0.25) is 0 Å². The van der Waals surface area contributed by atoms with E-state index in [2.05, 4.69) is 5.32 Å². The van der Waals surface area contributed by atoms with Gasteiger partial charge in [-0.3, -0.25) is 4.79 Å². The smallest absolute Gasteiger partial charge is 0.407 e. The Hall–Kier alpha value is -1.26. The highest BCUT2D eigenvalue weighted by atomic mass is 16.6. The molecule has 104 valence electrons. The molecule has 1 aliphatic carbocycles. The molecule has 0 aromatic heterocycles. The molecule has 1 rings (SSSR count). The number of alkyl carbamates (subject to hydrolysis) is 1. The molecule has 5 nitrogen and oxygen atoms in total. The predicted molar refractivity (Wildman–Crippen MR) is 67.2 cm³/mol. The van der Waals surface area contributed by atoms with Gasteiger partial charge in [-0.25, -0.2) is 4.79 Å². The number of hydrogen-bond donors (Lipinski definition) is 1. The molecule has 0 aliphatic heterocycles. The Morgan fingerprint density at radius 1 is 1.28 bits per heavy atom. The topological polar surface area (TPSA) is 64.6 Å². The first-order chi connectivity index (χ1) is 8.63. The van der Waals surface area contributed by atoms with Crippen LogP contribution < -0.4 is 5.32 Å². The Kier molecular flexibility index (Phi) is 6.54. The zero-order valence-electron chi connectivity index (χ0n) is 11.2. The summed E-state index contributed by atoms with van der Waals surface area (Å²) < 4.78 is 10.3. The lowest BCUT2D eigenvalue weighted by molar-refractivity contribution is -0.149. The molecule has 2 atom stereocenters. The van der Waals surface area contributed by atoms with Gasteiger partial charge in [0, 0.05) is 6.92 Å². The fraction of sp³-hybridized carbons (Fsp3) is 0.846. The molecule has 0 bridgehead atoms. The van der Waals surface area contributed by atoms with Crippen LogP contribution in [0.5, 0.6) is 0 Å². The van der Waals surface area contributed by atoms with E-state index < -0.39 is 6.09 Å². The van der Waals surface area contributed by atoms with Gasteiger partial charge < -0.3 is 14.8 Å². The van der Waals surface area contributed by atoms with Crippen LogP contribution >= 0.6 is 0 Å². The lowest BCUT2D eigenvalue weighted by atomic mass is 9.92. The first-order valence-electron chi connectivity index (χ1n) is 6.74. The van der Waals surface area contributed by atoms with Crippen LogP contribution in [0.2, 0.25) is 0 Å². The second kappa shape index (κ2) is 7.95. The zero-order chi connectivity index (χ0) is 13.4. The molecule has 1 aliphatic rings. The molecule has 0 spiro atoms. The van der Waals surface area contributed by atoms with E-state index in [-0.39, 0.29) is 18.1 Å². The summed E-state index contributed by atoms with van der Waals surface area (Å²) in [4.78, 5) is 22.5. The molecule has 0 saturated heterocycles. The average molecular weight is 257 g/mol. The minimum Gasteiger partial charge on any atom is -0.460 e. The number of hydrogen-bond acceptors (Lipinski definition) is 4. The van der Waals surface area contributed by atoms with Crippen LogP contribution in [0.25, 0.3) is 0 Å². The maximum atomic E-state index is 11.5. The predicted octanol–water partition coefficient (Wildman–Crippen LogP) is 2.39. The maximum Gasteiger partial charge on any atom is 0.407 e. The summed E-state index contributed by atoms with van der Waals surface area (Å²) in [7, 11) is 0. The van der Waals surface area contributed by atoms with Gasteiger partial charge in [0.15, 0.2) is 0 Å². The Bertz CT molecular complexity index is 280. The van der Waals surface area contributed by atoms with Crippen LogP contribution in [-0.4, -0.2) is 30.8 Å². The number of carbonyl (C=O) groups excluding carboxylic acids is 2. The second-order valence-electron chi connectivity index (χ2n) is 4.67. The molecule has 0 unspecified atom stereocenters. The minimum atomic E-state index is -0.410. The summed E-state index contributed by atoms with van der Waals surface area (Å²) in [5.74, 6) is -0.298. The largest absolute Gasteiger partial charge is 0.460 e. The summed E-state index contributed by atoms with van der Waals surface area (Å²) in [5.41, 5.74) is 0. The van der Waals surface area contributed by atoms with Crippen molar-refractivity contribution in [3.8, 4) is 0 Å². The third-order valence-corrected chi connectivity index (χ3v) is 3.05. The van der Waals surface area contributed by atoms with E-state index in [4.69, 9.17) is 9.47 Å². The van der Waals surface area contributed by atoms with Crippen LogP contribution in [0.1, 0.15) is 52.4 Å². The molecule has 0 aromatic carbocycles. The third-order valence-electron chi connectivity index (χ3n) is 3.05. The average Bonchev–Trinajstić information content (AvgIpc) is 2.31. The van der Waals surface area contributed by atoms with E-state index in [1.165, 1.54) is 6.92 Å². The van der Waals surface area contributed by atoms with Crippen molar-refractivity contribution in [1.82, 2.24) is 5.32 Å². The first kappa shape index (κ1) is 14.8. The van der Waals surface area contributed by atoms with Crippen LogP contribution in [-0.2, 0) is 14.3 Å². The van der Waals surface area contributed by atoms with Crippen LogP contribution in [0, 0.1) is 0 Å². The van der Waals surface area contributed by atoms with Gasteiger partial charge in [0.1, 0.15) is 6.10 Å². The van der Waals surface area contributed by atoms with Crippen LogP contribution in [0.3, 0.4) is 0 Å². The first-order valence-corrected chi connectivity index (χ1v) is 6.74. The van der Waals surface area contributed by atoms with Crippen molar-refractivity contribution in [2.24, 2.45) is 0 Å². The third kappa shape index (κ3) is 5.38. The Morgan fingerprint density at radius 2 is 2.00 bits per heavy atom. The molecule has 1 fully saturated rings. The maximum absolute atomic E-state index is 11.5. The van der Waals surface area contributed by atoms with E-state index >= 15 is 0 Å². The molecule has 1 N–H and O–H groups in total. The van der Waals surface area contributed by atoms with E-state index in [1.807, 2.05) is 6.92 Å². The van der Waals surface area contributed by atoms with Crippen molar-refractivity contribution in [3.63, 3.8) is 0 Å². The quantitative estimate of drug-likeness (QED) is 0.606. The number of ether oxygens (including phenoxy) is 2. The SMILES string of the molecule is CCCCOC(=O)N[C@H]1CCCC[C@@H]1OC(C)=O. The Balaban J connectivity index is 2.36. The standard InChI is InChI=1S/C13H23NO4/c1-3-4-9-17-13(16)14-11-7-5-6-8-12(11)18-10(2)15/h11-12H,3-9H2,1-2H3,(H,14,16)/t11-,12-/m0/s1. The molecule has 5 heteroatoms.